The molecule has 3 aromatic rings. The summed E-state index contributed by atoms with van der Waals surface area (Å²) in [6, 6.07) is 25.5. The van der Waals surface area contributed by atoms with E-state index in [0.717, 1.165) is 17.1 Å². The van der Waals surface area contributed by atoms with Crippen LogP contribution in [0.1, 0.15) is 24.4 Å². The average Bonchev–Trinajstić information content (AvgIpc) is 3.49. The smallest absolute Gasteiger partial charge is 0.170 e. The van der Waals surface area contributed by atoms with Gasteiger partial charge in [-0.05, 0) is 60.7 Å². The lowest BCUT2D eigenvalue weighted by atomic mass is 10.0. The number of ether oxygens (including phenoxy) is 2. The first-order valence-electron chi connectivity index (χ1n) is 8.65. The maximum atomic E-state index is 6.37. The topological polar surface area (TPSA) is 44.5 Å². The molecule has 25 heavy (non-hydrogen) atoms. The van der Waals surface area contributed by atoms with Crippen LogP contribution >= 0.6 is 0 Å². The number of rotatable bonds is 6. The Morgan fingerprint density at radius 1 is 0.720 bits per heavy atom. The number of hydrogen-bond donors (Lipinski definition) is 1. The SMILES string of the molecule is N[C@H](c1ccc(Oc2ccccc2)c(Oc2ccccc2)c1)C1CC1. The highest BCUT2D eigenvalue weighted by molar-refractivity contribution is 5.48. The molecule has 0 aliphatic heterocycles. The Hall–Kier alpha value is -2.78. The number of para-hydroxylation sites is 2. The van der Waals surface area contributed by atoms with Gasteiger partial charge in [-0.3, -0.25) is 0 Å². The second-order valence-electron chi connectivity index (χ2n) is 6.40. The Balaban J connectivity index is 1.66. The van der Waals surface area contributed by atoms with Crippen molar-refractivity contribution in [3.05, 3.63) is 84.4 Å². The van der Waals surface area contributed by atoms with Gasteiger partial charge in [0.1, 0.15) is 11.5 Å². The molecule has 1 aliphatic carbocycles. The highest BCUT2D eigenvalue weighted by Gasteiger charge is 2.30. The van der Waals surface area contributed by atoms with Gasteiger partial charge in [0.25, 0.3) is 0 Å². The monoisotopic (exact) mass is 331 g/mol. The second-order valence-corrected chi connectivity index (χ2v) is 6.40. The molecule has 3 heteroatoms. The second kappa shape index (κ2) is 6.99. The minimum atomic E-state index is 0.0592. The lowest BCUT2D eigenvalue weighted by Gasteiger charge is -2.16. The zero-order valence-corrected chi connectivity index (χ0v) is 14.0. The summed E-state index contributed by atoms with van der Waals surface area (Å²) in [5.41, 5.74) is 7.46. The van der Waals surface area contributed by atoms with E-state index in [2.05, 4.69) is 0 Å². The van der Waals surface area contributed by atoms with Crippen LogP contribution in [-0.2, 0) is 0 Å². The standard InChI is InChI=1S/C22H21NO2/c23-22(16-11-12-16)17-13-14-20(24-18-7-3-1-4-8-18)21(15-17)25-19-9-5-2-6-10-19/h1-10,13-16,22H,11-12,23H2/t22-/m0/s1. The molecular weight excluding hydrogens is 310 g/mol. The maximum absolute atomic E-state index is 6.37. The molecule has 126 valence electrons. The molecule has 1 fully saturated rings. The first-order chi connectivity index (χ1) is 12.3. The third-order valence-electron chi connectivity index (χ3n) is 4.42. The van der Waals surface area contributed by atoms with E-state index in [9.17, 15) is 0 Å². The van der Waals surface area contributed by atoms with Gasteiger partial charge in [0.2, 0.25) is 0 Å². The van der Waals surface area contributed by atoms with E-state index in [-0.39, 0.29) is 6.04 Å². The van der Waals surface area contributed by atoms with Crippen molar-refractivity contribution in [3.8, 4) is 23.0 Å². The summed E-state index contributed by atoms with van der Waals surface area (Å²) in [5.74, 6) is 3.51. The van der Waals surface area contributed by atoms with Gasteiger partial charge in [0.15, 0.2) is 11.5 Å². The molecule has 0 saturated heterocycles. The Labute approximate surface area is 148 Å². The van der Waals surface area contributed by atoms with Crippen LogP contribution in [0.5, 0.6) is 23.0 Å². The van der Waals surface area contributed by atoms with Crippen LogP contribution in [-0.4, -0.2) is 0 Å². The number of benzene rings is 3. The molecule has 0 bridgehead atoms. The van der Waals surface area contributed by atoms with Gasteiger partial charge in [-0.1, -0.05) is 42.5 Å². The van der Waals surface area contributed by atoms with E-state index in [0.29, 0.717) is 17.4 Å². The molecule has 1 aliphatic rings. The van der Waals surface area contributed by atoms with Gasteiger partial charge in [-0.2, -0.15) is 0 Å². The largest absolute Gasteiger partial charge is 0.453 e. The molecular formula is C22H21NO2. The maximum Gasteiger partial charge on any atom is 0.170 e. The molecule has 3 nitrogen and oxygen atoms in total. The molecule has 0 radical (unpaired) electrons. The summed E-state index contributed by atoms with van der Waals surface area (Å²) in [4.78, 5) is 0. The molecule has 1 saturated carbocycles. The molecule has 0 unspecified atom stereocenters. The fraction of sp³-hybridized carbons (Fsp3) is 0.182. The van der Waals surface area contributed by atoms with E-state index >= 15 is 0 Å². The summed E-state index contributed by atoms with van der Waals surface area (Å²) in [7, 11) is 0. The van der Waals surface area contributed by atoms with Gasteiger partial charge in [0, 0.05) is 6.04 Å². The van der Waals surface area contributed by atoms with Gasteiger partial charge in [0.05, 0.1) is 0 Å². The van der Waals surface area contributed by atoms with E-state index < -0.39 is 0 Å². The Kier molecular flexibility index (Phi) is 4.40. The fourth-order valence-corrected chi connectivity index (χ4v) is 2.85. The number of hydrogen-bond acceptors (Lipinski definition) is 3. The minimum absolute atomic E-state index is 0.0592. The quantitative estimate of drug-likeness (QED) is 0.632. The first-order valence-corrected chi connectivity index (χ1v) is 8.65. The first kappa shape index (κ1) is 15.7. The summed E-state index contributed by atoms with van der Waals surface area (Å²) >= 11 is 0. The van der Waals surface area contributed by atoms with Crippen molar-refractivity contribution in [2.24, 2.45) is 11.7 Å². The predicted molar refractivity (Wildman–Crippen MR) is 99.1 cm³/mol. The molecule has 0 spiro atoms. The lowest BCUT2D eigenvalue weighted by molar-refractivity contribution is 0.417. The molecule has 0 heterocycles. The van der Waals surface area contributed by atoms with E-state index in [1.165, 1.54) is 12.8 Å². The van der Waals surface area contributed by atoms with Crippen molar-refractivity contribution in [3.63, 3.8) is 0 Å². The van der Waals surface area contributed by atoms with Crippen LogP contribution < -0.4 is 15.2 Å². The van der Waals surface area contributed by atoms with Gasteiger partial charge in [-0.15, -0.1) is 0 Å². The zero-order valence-electron chi connectivity index (χ0n) is 14.0. The molecule has 4 rings (SSSR count). The van der Waals surface area contributed by atoms with Crippen molar-refractivity contribution in [1.82, 2.24) is 0 Å². The minimum Gasteiger partial charge on any atom is -0.453 e. The van der Waals surface area contributed by atoms with Crippen LogP contribution in [0, 0.1) is 5.92 Å². The van der Waals surface area contributed by atoms with Gasteiger partial charge >= 0.3 is 0 Å². The summed E-state index contributed by atoms with van der Waals surface area (Å²) in [6.07, 6.45) is 2.41. The van der Waals surface area contributed by atoms with E-state index in [1.54, 1.807) is 0 Å². The third kappa shape index (κ3) is 3.83. The van der Waals surface area contributed by atoms with Crippen LogP contribution in [0.3, 0.4) is 0 Å². The molecule has 1 atom stereocenters. The summed E-state index contributed by atoms with van der Waals surface area (Å²) in [5, 5.41) is 0. The third-order valence-corrected chi connectivity index (χ3v) is 4.42. The average molecular weight is 331 g/mol. The zero-order chi connectivity index (χ0) is 17.1. The molecule has 2 N–H and O–H groups in total. The highest BCUT2D eigenvalue weighted by Crippen LogP contribution is 2.42. The van der Waals surface area contributed by atoms with Crippen molar-refractivity contribution in [2.75, 3.05) is 0 Å². The Bertz CT molecular complexity index is 829. The summed E-state index contributed by atoms with van der Waals surface area (Å²) in [6.45, 7) is 0. The molecule has 3 aromatic carbocycles. The molecule has 0 aromatic heterocycles. The van der Waals surface area contributed by atoms with Gasteiger partial charge < -0.3 is 15.2 Å². The van der Waals surface area contributed by atoms with Crippen LogP contribution in [0.2, 0.25) is 0 Å². The van der Waals surface area contributed by atoms with Crippen LogP contribution in [0.15, 0.2) is 78.9 Å². The Morgan fingerprint density at radius 3 is 1.84 bits per heavy atom. The summed E-state index contributed by atoms with van der Waals surface area (Å²) < 4.78 is 12.1. The fourth-order valence-electron chi connectivity index (χ4n) is 2.85. The number of nitrogens with two attached hydrogens (primary N) is 1. The highest BCUT2D eigenvalue weighted by atomic mass is 16.5. The predicted octanol–water partition coefficient (Wildman–Crippen LogP) is 5.68. The van der Waals surface area contributed by atoms with Crippen LogP contribution in [0.25, 0.3) is 0 Å². The van der Waals surface area contributed by atoms with Crippen molar-refractivity contribution in [1.29, 1.82) is 0 Å². The van der Waals surface area contributed by atoms with Crippen molar-refractivity contribution >= 4 is 0 Å². The van der Waals surface area contributed by atoms with E-state index in [1.807, 2.05) is 78.9 Å². The lowest BCUT2D eigenvalue weighted by Crippen LogP contribution is -2.12. The van der Waals surface area contributed by atoms with Crippen molar-refractivity contribution < 1.29 is 9.47 Å². The Morgan fingerprint density at radius 2 is 1.28 bits per heavy atom. The van der Waals surface area contributed by atoms with Crippen molar-refractivity contribution in [2.45, 2.75) is 18.9 Å². The van der Waals surface area contributed by atoms with Gasteiger partial charge in [-0.25, -0.2) is 0 Å². The normalized spacial score (nSPS) is 14.8. The van der Waals surface area contributed by atoms with Crippen LogP contribution in [0.4, 0.5) is 0 Å². The molecule has 0 amide bonds. The van der Waals surface area contributed by atoms with E-state index in [4.69, 9.17) is 15.2 Å².